The Morgan fingerprint density at radius 2 is 2.29 bits per heavy atom. The molecule has 0 atom stereocenters. The van der Waals surface area contributed by atoms with Crippen LogP contribution in [0.3, 0.4) is 0 Å². The molecule has 6 heteroatoms. The summed E-state index contributed by atoms with van der Waals surface area (Å²) in [7, 11) is 0. The highest BCUT2D eigenvalue weighted by molar-refractivity contribution is 6.32. The van der Waals surface area contributed by atoms with Gasteiger partial charge in [-0.3, -0.25) is 4.40 Å². The molecule has 0 spiro atoms. The number of hydrogen-bond acceptors (Lipinski definition) is 4. The second kappa shape index (κ2) is 2.90. The molecule has 2 aromatic heterocycles. The summed E-state index contributed by atoms with van der Waals surface area (Å²) < 4.78 is 1.90. The van der Waals surface area contributed by atoms with Crippen LogP contribution in [0.1, 0.15) is 11.7 Å². The quantitative estimate of drug-likeness (QED) is 0.742. The third kappa shape index (κ3) is 1.03. The van der Waals surface area contributed by atoms with Crippen LogP contribution in [-0.2, 0) is 0 Å². The van der Waals surface area contributed by atoms with Crippen LogP contribution in [0.5, 0.6) is 0 Å². The van der Waals surface area contributed by atoms with Crippen molar-refractivity contribution in [2.75, 3.05) is 13.1 Å². The Morgan fingerprint density at radius 1 is 1.43 bits per heavy atom. The zero-order valence-electron chi connectivity index (χ0n) is 7.31. The SMILES string of the molecule is Clc1nccn2c(C3CNC3)nnc12. The van der Waals surface area contributed by atoms with Crippen molar-refractivity contribution >= 4 is 17.2 Å². The predicted octanol–water partition coefficient (Wildman–Crippen LogP) is 0.464. The lowest BCUT2D eigenvalue weighted by molar-refractivity contribution is 0.427. The molecule has 0 amide bonds. The predicted molar refractivity (Wildman–Crippen MR) is 51.4 cm³/mol. The van der Waals surface area contributed by atoms with Crippen LogP contribution in [-0.4, -0.2) is 32.7 Å². The fourth-order valence-electron chi connectivity index (χ4n) is 1.56. The number of nitrogens with zero attached hydrogens (tertiary/aromatic N) is 4. The first-order valence-corrected chi connectivity index (χ1v) is 4.80. The molecule has 3 heterocycles. The summed E-state index contributed by atoms with van der Waals surface area (Å²) in [5.74, 6) is 1.41. The van der Waals surface area contributed by atoms with Crippen LogP contribution in [0.25, 0.3) is 5.65 Å². The third-order valence-electron chi connectivity index (χ3n) is 2.46. The fraction of sp³-hybridized carbons (Fsp3) is 0.375. The number of aromatic nitrogens is 4. The fourth-order valence-corrected chi connectivity index (χ4v) is 1.75. The van der Waals surface area contributed by atoms with Gasteiger partial charge in [0.25, 0.3) is 0 Å². The van der Waals surface area contributed by atoms with E-state index in [0.717, 1.165) is 18.9 Å². The van der Waals surface area contributed by atoms with E-state index in [4.69, 9.17) is 11.6 Å². The average molecular weight is 210 g/mol. The summed E-state index contributed by atoms with van der Waals surface area (Å²) >= 11 is 5.89. The van der Waals surface area contributed by atoms with Crippen LogP contribution >= 0.6 is 11.6 Å². The van der Waals surface area contributed by atoms with E-state index in [1.807, 2.05) is 10.6 Å². The van der Waals surface area contributed by atoms with Crippen LogP contribution < -0.4 is 5.32 Å². The van der Waals surface area contributed by atoms with Crippen molar-refractivity contribution in [1.29, 1.82) is 0 Å². The van der Waals surface area contributed by atoms with Gasteiger partial charge in [-0.25, -0.2) is 4.98 Å². The molecule has 0 aromatic carbocycles. The van der Waals surface area contributed by atoms with Crippen LogP contribution in [0, 0.1) is 0 Å². The Labute approximate surface area is 85.1 Å². The molecule has 0 saturated carbocycles. The molecule has 1 saturated heterocycles. The van der Waals surface area contributed by atoms with Crippen molar-refractivity contribution in [1.82, 2.24) is 24.9 Å². The molecule has 0 aliphatic carbocycles. The minimum atomic E-state index is 0.401. The van der Waals surface area contributed by atoms with E-state index >= 15 is 0 Å². The summed E-state index contributed by atoms with van der Waals surface area (Å²) in [5.41, 5.74) is 0.635. The van der Waals surface area contributed by atoms with Gasteiger partial charge in [-0.05, 0) is 0 Å². The van der Waals surface area contributed by atoms with E-state index in [0.29, 0.717) is 16.7 Å². The first-order valence-electron chi connectivity index (χ1n) is 4.42. The van der Waals surface area contributed by atoms with Crippen molar-refractivity contribution in [3.05, 3.63) is 23.4 Å². The molecular weight excluding hydrogens is 202 g/mol. The number of hydrogen-bond donors (Lipinski definition) is 1. The molecule has 1 aliphatic rings. The maximum atomic E-state index is 5.89. The van der Waals surface area contributed by atoms with Gasteiger partial charge < -0.3 is 5.32 Å². The van der Waals surface area contributed by atoms with Crippen molar-refractivity contribution < 1.29 is 0 Å². The lowest BCUT2D eigenvalue weighted by atomic mass is 10.0. The first kappa shape index (κ1) is 8.14. The topological polar surface area (TPSA) is 55.1 Å². The zero-order valence-corrected chi connectivity index (χ0v) is 8.07. The first-order chi connectivity index (χ1) is 6.86. The average Bonchev–Trinajstić information content (AvgIpc) is 2.48. The number of fused-ring (bicyclic) bond motifs is 1. The van der Waals surface area contributed by atoms with Crippen LogP contribution in [0.2, 0.25) is 5.15 Å². The van der Waals surface area contributed by atoms with E-state index in [1.54, 1.807) is 6.20 Å². The molecule has 3 rings (SSSR count). The summed E-state index contributed by atoms with van der Waals surface area (Å²) in [6.07, 6.45) is 3.50. The molecule has 14 heavy (non-hydrogen) atoms. The summed E-state index contributed by atoms with van der Waals surface area (Å²) in [6.45, 7) is 1.92. The molecule has 1 aliphatic heterocycles. The second-order valence-corrected chi connectivity index (χ2v) is 3.68. The third-order valence-corrected chi connectivity index (χ3v) is 2.72. The van der Waals surface area contributed by atoms with Gasteiger partial charge in [0.15, 0.2) is 10.8 Å². The van der Waals surface area contributed by atoms with Crippen LogP contribution in [0.4, 0.5) is 0 Å². The largest absolute Gasteiger partial charge is 0.315 e. The molecule has 0 unspecified atom stereocenters. The molecule has 1 fully saturated rings. The molecule has 1 N–H and O–H groups in total. The van der Waals surface area contributed by atoms with Crippen molar-refractivity contribution in [3.8, 4) is 0 Å². The van der Waals surface area contributed by atoms with Gasteiger partial charge in [-0.15, -0.1) is 10.2 Å². The summed E-state index contributed by atoms with van der Waals surface area (Å²) in [6, 6.07) is 0. The van der Waals surface area contributed by atoms with Crippen LogP contribution in [0.15, 0.2) is 12.4 Å². The second-order valence-electron chi connectivity index (χ2n) is 3.33. The van der Waals surface area contributed by atoms with Gasteiger partial charge in [-0.1, -0.05) is 11.6 Å². The van der Waals surface area contributed by atoms with E-state index in [1.165, 1.54) is 0 Å². The van der Waals surface area contributed by atoms with Crippen molar-refractivity contribution in [3.63, 3.8) is 0 Å². The maximum absolute atomic E-state index is 5.89. The lowest BCUT2D eigenvalue weighted by Gasteiger charge is -2.25. The smallest absolute Gasteiger partial charge is 0.198 e. The maximum Gasteiger partial charge on any atom is 0.198 e. The van der Waals surface area contributed by atoms with E-state index < -0.39 is 0 Å². The number of rotatable bonds is 1. The Kier molecular flexibility index (Phi) is 1.68. The van der Waals surface area contributed by atoms with Gasteiger partial charge in [0, 0.05) is 31.4 Å². The van der Waals surface area contributed by atoms with E-state index in [2.05, 4.69) is 20.5 Å². The Morgan fingerprint density at radius 3 is 3.00 bits per heavy atom. The highest BCUT2D eigenvalue weighted by Crippen LogP contribution is 2.20. The molecule has 5 nitrogen and oxygen atoms in total. The Hall–Kier alpha value is -1.20. The number of nitrogens with one attached hydrogen (secondary N) is 1. The van der Waals surface area contributed by atoms with Gasteiger partial charge >= 0.3 is 0 Å². The van der Waals surface area contributed by atoms with Gasteiger partial charge in [0.2, 0.25) is 0 Å². The lowest BCUT2D eigenvalue weighted by Crippen LogP contribution is -2.40. The molecule has 0 radical (unpaired) electrons. The minimum absolute atomic E-state index is 0.401. The monoisotopic (exact) mass is 209 g/mol. The summed E-state index contributed by atoms with van der Waals surface area (Å²) in [4.78, 5) is 3.95. The van der Waals surface area contributed by atoms with Gasteiger partial charge in [0.05, 0.1) is 0 Å². The molecule has 72 valence electrons. The highest BCUT2D eigenvalue weighted by Gasteiger charge is 2.24. The summed E-state index contributed by atoms with van der Waals surface area (Å²) in [5, 5.41) is 11.7. The minimum Gasteiger partial charge on any atom is -0.315 e. The van der Waals surface area contributed by atoms with Gasteiger partial charge in [0.1, 0.15) is 5.82 Å². The van der Waals surface area contributed by atoms with Gasteiger partial charge in [-0.2, -0.15) is 0 Å². The number of halogens is 1. The Balaban J connectivity index is 2.20. The highest BCUT2D eigenvalue weighted by atomic mass is 35.5. The molecular formula is C8H8ClN5. The van der Waals surface area contributed by atoms with E-state index in [9.17, 15) is 0 Å². The standard InChI is InChI=1S/C8H8ClN5/c9-6-8-13-12-7(5-3-10-4-5)14(8)2-1-11-6/h1-2,5,10H,3-4H2. The zero-order chi connectivity index (χ0) is 9.54. The molecule has 0 bridgehead atoms. The van der Waals surface area contributed by atoms with Crippen molar-refractivity contribution in [2.45, 2.75) is 5.92 Å². The van der Waals surface area contributed by atoms with Crippen molar-refractivity contribution in [2.24, 2.45) is 0 Å². The normalized spacial score (nSPS) is 17.2. The Bertz CT molecular complexity index is 476. The molecule has 2 aromatic rings. The van der Waals surface area contributed by atoms with E-state index in [-0.39, 0.29) is 0 Å².